The van der Waals surface area contributed by atoms with Gasteiger partial charge in [0.2, 0.25) is 5.91 Å². The second-order valence-electron chi connectivity index (χ2n) is 3.78. The second-order valence-corrected chi connectivity index (χ2v) is 5.03. The lowest BCUT2D eigenvalue weighted by molar-refractivity contribution is -0.139. The molecule has 2 atom stereocenters. The fourth-order valence-electron chi connectivity index (χ4n) is 1.53. The Morgan fingerprint density at radius 1 is 1.25 bits per heavy atom. The number of nitrogens with one attached hydrogen (secondary N) is 1. The number of carbonyl (C=O) groups excluding carboxylic acids is 1. The van der Waals surface area contributed by atoms with Gasteiger partial charge in [0.15, 0.2) is 0 Å². The van der Waals surface area contributed by atoms with E-state index in [1.54, 1.807) is 12.1 Å². The highest BCUT2D eigenvalue weighted by molar-refractivity contribution is 14.1. The van der Waals surface area contributed by atoms with Crippen LogP contribution in [0.25, 0.3) is 0 Å². The van der Waals surface area contributed by atoms with E-state index in [4.69, 9.17) is 5.11 Å². The first-order valence-corrected chi connectivity index (χ1v) is 5.95. The number of amides is 1. The summed E-state index contributed by atoms with van der Waals surface area (Å²) < 4.78 is 1.09. The van der Waals surface area contributed by atoms with Gasteiger partial charge in [0.25, 0.3) is 0 Å². The van der Waals surface area contributed by atoms with Crippen molar-refractivity contribution >= 4 is 40.2 Å². The van der Waals surface area contributed by atoms with Crippen LogP contribution in [0.4, 0.5) is 5.69 Å². The number of carbonyl (C=O) groups is 2. The van der Waals surface area contributed by atoms with Gasteiger partial charge in [0.1, 0.15) is 0 Å². The maximum Gasteiger partial charge on any atom is 0.307 e. The summed E-state index contributed by atoms with van der Waals surface area (Å²) in [7, 11) is 0. The van der Waals surface area contributed by atoms with Gasteiger partial charge >= 0.3 is 5.97 Å². The average molecular weight is 331 g/mol. The smallest absolute Gasteiger partial charge is 0.307 e. The van der Waals surface area contributed by atoms with Crippen LogP contribution in [-0.2, 0) is 9.59 Å². The predicted molar refractivity (Wildman–Crippen MR) is 67.0 cm³/mol. The van der Waals surface area contributed by atoms with Crippen molar-refractivity contribution in [3.8, 4) is 0 Å². The van der Waals surface area contributed by atoms with Crippen LogP contribution >= 0.6 is 22.6 Å². The van der Waals surface area contributed by atoms with Gasteiger partial charge in [-0.3, -0.25) is 9.59 Å². The standard InChI is InChI=1S/C11H10INO3/c12-6-1-3-7(4-2-6)13-10(14)8-5-9(8)11(15)16/h1-4,8-9H,5H2,(H,13,14)(H,15,16)/t8-,9+/m1/s1. The van der Waals surface area contributed by atoms with E-state index < -0.39 is 11.9 Å². The molecule has 0 aromatic heterocycles. The van der Waals surface area contributed by atoms with Crippen LogP contribution in [0.2, 0.25) is 0 Å². The van der Waals surface area contributed by atoms with E-state index in [0.29, 0.717) is 12.1 Å². The van der Waals surface area contributed by atoms with Crippen LogP contribution in [-0.4, -0.2) is 17.0 Å². The first-order valence-electron chi connectivity index (χ1n) is 4.87. The van der Waals surface area contributed by atoms with Crippen LogP contribution < -0.4 is 5.32 Å². The Bertz CT molecular complexity index is 429. The molecule has 0 unspecified atom stereocenters. The molecule has 16 heavy (non-hydrogen) atoms. The molecule has 1 aromatic rings. The molecule has 4 nitrogen and oxygen atoms in total. The predicted octanol–water partition coefficient (Wildman–Crippen LogP) is 1.95. The first-order chi connectivity index (χ1) is 7.58. The molecule has 0 radical (unpaired) electrons. The largest absolute Gasteiger partial charge is 0.481 e. The number of anilines is 1. The maximum atomic E-state index is 11.6. The van der Waals surface area contributed by atoms with Crippen molar-refractivity contribution < 1.29 is 14.7 Å². The third-order valence-electron chi connectivity index (χ3n) is 2.56. The number of benzene rings is 1. The third kappa shape index (κ3) is 2.52. The van der Waals surface area contributed by atoms with Crippen LogP contribution in [0.15, 0.2) is 24.3 Å². The Labute approximate surface area is 106 Å². The topological polar surface area (TPSA) is 66.4 Å². The Morgan fingerprint density at radius 2 is 1.88 bits per heavy atom. The van der Waals surface area contributed by atoms with Crippen molar-refractivity contribution in [1.82, 2.24) is 0 Å². The molecule has 1 aliphatic rings. The fraction of sp³-hybridized carbons (Fsp3) is 0.273. The van der Waals surface area contributed by atoms with Crippen molar-refractivity contribution in [3.63, 3.8) is 0 Å². The van der Waals surface area contributed by atoms with Gasteiger partial charge in [-0.15, -0.1) is 0 Å². The number of carboxylic acids is 1. The van der Waals surface area contributed by atoms with E-state index in [1.807, 2.05) is 12.1 Å². The molecule has 1 saturated carbocycles. The maximum absolute atomic E-state index is 11.6. The molecule has 1 aromatic carbocycles. The quantitative estimate of drug-likeness (QED) is 0.832. The molecular formula is C11H10INO3. The first kappa shape index (κ1) is 11.4. The zero-order valence-electron chi connectivity index (χ0n) is 8.31. The Kier molecular flexibility index (Phi) is 3.13. The minimum atomic E-state index is -0.886. The number of aliphatic carboxylic acids is 1. The summed E-state index contributed by atoms with van der Waals surface area (Å²) in [5.41, 5.74) is 0.710. The summed E-state index contributed by atoms with van der Waals surface area (Å²) >= 11 is 2.18. The van der Waals surface area contributed by atoms with Gasteiger partial charge in [-0.2, -0.15) is 0 Å². The molecule has 2 rings (SSSR count). The number of hydrogen-bond donors (Lipinski definition) is 2. The summed E-state index contributed by atoms with van der Waals surface area (Å²) in [6.07, 6.45) is 0.450. The van der Waals surface area contributed by atoms with E-state index in [1.165, 1.54) is 0 Å². The Balaban J connectivity index is 1.94. The van der Waals surface area contributed by atoms with Gasteiger partial charge in [-0.25, -0.2) is 0 Å². The SMILES string of the molecule is O=C(O)[C@H]1C[C@H]1C(=O)Nc1ccc(I)cc1. The summed E-state index contributed by atoms with van der Waals surface area (Å²) in [4.78, 5) is 22.2. The molecule has 0 bridgehead atoms. The number of hydrogen-bond acceptors (Lipinski definition) is 2. The molecule has 0 aliphatic heterocycles. The molecule has 2 N–H and O–H groups in total. The monoisotopic (exact) mass is 331 g/mol. The van der Waals surface area contributed by atoms with Crippen molar-refractivity contribution in [1.29, 1.82) is 0 Å². The lowest BCUT2D eigenvalue weighted by Crippen LogP contribution is -2.16. The van der Waals surface area contributed by atoms with Crippen LogP contribution in [0.5, 0.6) is 0 Å². The highest BCUT2D eigenvalue weighted by Crippen LogP contribution is 2.39. The van der Waals surface area contributed by atoms with Crippen molar-refractivity contribution in [2.75, 3.05) is 5.32 Å². The van der Waals surface area contributed by atoms with Gasteiger partial charge in [0, 0.05) is 9.26 Å². The number of carboxylic acid groups (broad SMARTS) is 1. The lowest BCUT2D eigenvalue weighted by atomic mass is 10.2. The molecule has 84 valence electrons. The van der Waals surface area contributed by atoms with Crippen LogP contribution in [0.1, 0.15) is 6.42 Å². The molecular weight excluding hydrogens is 321 g/mol. The van der Waals surface area contributed by atoms with Gasteiger partial charge in [-0.1, -0.05) is 0 Å². The highest BCUT2D eigenvalue weighted by Gasteiger charge is 2.48. The molecule has 1 fully saturated rings. The zero-order chi connectivity index (χ0) is 11.7. The number of halogens is 1. The molecule has 1 amide bonds. The van der Waals surface area contributed by atoms with Crippen molar-refractivity contribution in [2.24, 2.45) is 11.8 Å². The summed E-state index contributed by atoms with van der Waals surface area (Å²) in [5.74, 6) is -1.95. The van der Waals surface area contributed by atoms with E-state index in [-0.39, 0.29) is 11.8 Å². The van der Waals surface area contributed by atoms with Gasteiger partial charge in [-0.05, 0) is 53.3 Å². The van der Waals surface area contributed by atoms with Crippen LogP contribution in [0.3, 0.4) is 0 Å². The molecule has 0 spiro atoms. The molecule has 5 heteroatoms. The molecule has 1 aliphatic carbocycles. The minimum absolute atomic E-state index is 0.200. The number of rotatable bonds is 3. The van der Waals surface area contributed by atoms with E-state index in [0.717, 1.165) is 3.57 Å². The minimum Gasteiger partial charge on any atom is -0.481 e. The third-order valence-corrected chi connectivity index (χ3v) is 3.28. The van der Waals surface area contributed by atoms with Gasteiger partial charge in [0.05, 0.1) is 11.8 Å². The van der Waals surface area contributed by atoms with Gasteiger partial charge < -0.3 is 10.4 Å². The Hall–Kier alpha value is -1.11. The second kappa shape index (κ2) is 4.40. The van der Waals surface area contributed by atoms with E-state index in [2.05, 4.69) is 27.9 Å². The Morgan fingerprint density at radius 3 is 2.38 bits per heavy atom. The van der Waals surface area contributed by atoms with Crippen molar-refractivity contribution in [2.45, 2.75) is 6.42 Å². The lowest BCUT2D eigenvalue weighted by Gasteiger charge is -2.03. The average Bonchev–Trinajstić information content (AvgIpc) is 3.01. The van der Waals surface area contributed by atoms with E-state index >= 15 is 0 Å². The van der Waals surface area contributed by atoms with Crippen LogP contribution in [0, 0.1) is 15.4 Å². The normalized spacial score (nSPS) is 22.6. The summed E-state index contributed by atoms with van der Waals surface area (Å²) in [6.45, 7) is 0. The molecule has 0 saturated heterocycles. The summed E-state index contributed by atoms with van der Waals surface area (Å²) in [5, 5.41) is 11.4. The zero-order valence-corrected chi connectivity index (χ0v) is 10.5. The fourth-order valence-corrected chi connectivity index (χ4v) is 1.89. The molecule has 0 heterocycles. The summed E-state index contributed by atoms with van der Waals surface area (Å²) in [6, 6.07) is 7.38. The highest BCUT2D eigenvalue weighted by atomic mass is 127. The van der Waals surface area contributed by atoms with Crippen molar-refractivity contribution in [3.05, 3.63) is 27.8 Å². The van der Waals surface area contributed by atoms with E-state index in [9.17, 15) is 9.59 Å².